The molecule has 1 rings (SSSR count). The Kier molecular flexibility index (Phi) is 7.39. The third kappa shape index (κ3) is 6.21. The Hall–Kier alpha value is -2.63. The van der Waals surface area contributed by atoms with Crippen molar-refractivity contribution in [3.8, 4) is 5.75 Å². The first-order valence-electron chi connectivity index (χ1n) is 7.04. The molecular formula is C16H21N3O3. The van der Waals surface area contributed by atoms with Gasteiger partial charge in [0.2, 0.25) is 0 Å². The van der Waals surface area contributed by atoms with Crippen LogP contribution >= 0.6 is 0 Å². The smallest absolute Gasteiger partial charge is 0.329 e. The summed E-state index contributed by atoms with van der Waals surface area (Å²) >= 11 is 0. The minimum Gasteiger partial charge on any atom is -0.490 e. The first-order valence-corrected chi connectivity index (χ1v) is 7.04. The van der Waals surface area contributed by atoms with E-state index >= 15 is 0 Å². The average molecular weight is 303 g/mol. The van der Waals surface area contributed by atoms with Crippen molar-refractivity contribution < 1.29 is 14.3 Å². The molecule has 0 radical (unpaired) electrons. The minimum atomic E-state index is -0.789. The molecule has 0 unspecified atom stereocenters. The second-order valence-electron chi connectivity index (χ2n) is 4.65. The second-order valence-corrected chi connectivity index (χ2v) is 4.65. The summed E-state index contributed by atoms with van der Waals surface area (Å²) in [5, 5.41) is 6.30. The molecule has 0 saturated heterocycles. The van der Waals surface area contributed by atoms with Crippen molar-refractivity contribution in [3.05, 3.63) is 42.5 Å². The van der Waals surface area contributed by atoms with E-state index in [0.29, 0.717) is 12.4 Å². The molecule has 0 aliphatic carbocycles. The van der Waals surface area contributed by atoms with Gasteiger partial charge in [-0.3, -0.25) is 9.59 Å². The molecule has 0 heterocycles. The SMILES string of the molecule is C=CCOc1ccc(/C=N\NC(=O)C(=O)N[C@H](C)CC)cc1. The van der Waals surface area contributed by atoms with Gasteiger partial charge in [0.15, 0.2) is 0 Å². The zero-order valence-corrected chi connectivity index (χ0v) is 12.8. The van der Waals surface area contributed by atoms with Crippen LogP contribution in [-0.2, 0) is 9.59 Å². The van der Waals surface area contributed by atoms with Gasteiger partial charge in [0.05, 0.1) is 6.21 Å². The molecule has 6 nitrogen and oxygen atoms in total. The van der Waals surface area contributed by atoms with Gasteiger partial charge in [0, 0.05) is 6.04 Å². The van der Waals surface area contributed by atoms with Crippen LogP contribution in [0.15, 0.2) is 42.0 Å². The van der Waals surface area contributed by atoms with E-state index < -0.39 is 11.8 Å². The van der Waals surface area contributed by atoms with Crippen LogP contribution in [0, 0.1) is 0 Å². The van der Waals surface area contributed by atoms with Crippen LogP contribution in [0.5, 0.6) is 5.75 Å². The standard InChI is InChI=1S/C16H21N3O3/c1-4-10-22-14-8-6-13(7-9-14)11-17-19-16(21)15(20)18-12(3)5-2/h4,6-9,11-12H,1,5,10H2,2-3H3,(H,18,20)(H,19,21)/b17-11-/t12-/m1/s1. The summed E-state index contributed by atoms with van der Waals surface area (Å²) in [6, 6.07) is 7.08. The number of carbonyl (C=O) groups excluding carboxylic acids is 2. The van der Waals surface area contributed by atoms with Crippen LogP contribution in [0.1, 0.15) is 25.8 Å². The van der Waals surface area contributed by atoms with Gasteiger partial charge in [-0.2, -0.15) is 5.10 Å². The Morgan fingerprint density at radius 3 is 2.59 bits per heavy atom. The maximum Gasteiger partial charge on any atom is 0.329 e. The lowest BCUT2D eigenvalue weighted by Crippen LogP contribution is -2.41. The predicted octanol–water partition coefficient (Wildman–Crippen LogP) is 1.62. The number of carbonyl (C=O) groups is 2. The fourth-order valence-electron chi connectivity index (χ4n) is 1.41. The molecule has 1 atom stereocenters. The molecule has 1 aromatic rings. The van der Waals surface area contributed by atoms with Gasteiger partial charge >= 0.3 is 11.8 Å². The number of ether oxygens (including phenoxy) is 1. The molecule has 2 N–H and O–H groups in total. The van der Waals surface area contributed by atoms with E-state index in [-0.39, 0.29) is 6.04 Å². The Labute approximate surface area is 130 Å². The summed E-state index contributed by atoms with van der Waals surface area (Å²) in [7, 11) is 0. The van der Waals surface area contributed by atoms with Crippen molar-refractivity contribution in [2.24, 2.45) is 5.10 Å². The first kappa shape index (κ1) is 17.4. The van der Waals surface area contributed by atoms with E-state index in [1.54, 1.807) is 30.3 Å². The number of nitrogens with one attached hydrogen (secondary N) is 2. The highest BCUT2D eigenvalue weighted by atomic mass is 16.5. The Morgan fingerprint density at radius 2 is 2.00 bits per heavy atom. The predicted molar refractivity (Wildman–Crippen MR) is 85.8 cm³/mol. The summed E-state index contributed by atoms with van der Waals surface area (Å²) in [6.45, 7) is 7.75. The number of rotatable bonds is 7. The van der Waals surface area contributed by atoms with E-state index in [4.69, 9.17) is 4.74 Å². The Balaban J connectivity index is 2.46. The number of amides is 2. The Morgan fingerprint density at radius 1 is 1.32 bits per heavy atom. The second kappa shape index (κ2) is 9.33. The van der Waals surface area contributed by atoms with Gasteiger partial charge in [-0.25, -0.2) is 5.43 Å². The normalized spacial score (nSPS) is 11.7. The van der Waals surface area contributed by atoms with Gasteiger partial charge in [-0.1, -0.05) is 19.6 Å². The number of nitrogens with zero attached hydrogens (tertiary/aromatic N) is 1. The van der Waals surface area contributed by atoms with Crippen molar-refractivity contribution in [1.29, 1.82) is 0 Å². The van der Waals surface area contributed by atoms with Gasteiger partial charge in [-0.15, -0.1) is 0 Å². The van der Waals surface area contributed by atoms with Crippen molar-refractivity contribution in [3.63, 3.8) is 0 Å². The van der Waals surface area contributed by atoms with Crippen molar-refractivity contribution in [1.82, 2.24) is 10.7 Å². The molecular weight excluding hydrogens is 282 g/mol. The van der Waals surface area contributed by atoms with Crippen LogP contribution in [-0.4, -0.2) is 30.7 Å². The molecule has 0 aromatic heterocycles. The van der Waals surface area contributed by atoms with Crippen LogP contribution in [0.25, 0.3) is 0 Å². The van der Waals surface area contributed by atoms with E-state index in [1.807, 2.05) is 13.8 Å². The zero-order valence-electron chi connectivity index (χ0n) is 12.8. The summed E-state index contributed by atoms with van der Waals surface area (Å²) in [6.07, 6.45) is 3.86. The van der Waals surface area contributed by atoms with Crippen molar-refractivity contribution in [2.45, 2.75) is 26.3 Å². The average Bonchev–Trinajstić information content (AvgIpc) is 2.53. The van der Waals surface area contributed by atoms with E-state index in [1.165, 1.54) is 6.21 Å². The topological polar surface area (TPSA) is 79.8 Å². The van der Waals surface area contributed by atoms with Crippen molar-refractivity contribution >= 4 is 18.0 Å². The van der Waals surface area contributed by atoms with Gasteiger partial charge in [-0.05, 0) is 43.2 Å². The molecule has 118 valence electrons. The molecule has 2 amide bonds. The van der Waals surface area contributed by atoms with Crippen LogP contribution in [0.2, 0.25) is 0 Å². The zero-order chi connectivity index (χ0) is 16.4. The van der Waals surface area contributed by atoms with Crippen LogP contribution in [0.3, 0.4) is 0 Å². The molecule has 0 bridgehead atoms. The lowest BCUT2D eigenvalue weighted by atomic mass is 10.2. The molecule has 0 saturated carbocycles. The van der Waals surface area contributed by atoms with Gasteiger partial charge in [0.25, 0.3) is 0 Å². The van der Waals surface area contributed by atoms with Crippen molar-refractivity contribution in [2.75, 3.05) is 6.61 Å². The summed E-state index contributed by atoms with van der Waals surface area (Å²) in [5.41, 5.74) is 2.96. The summed E-state index contributed by atoms with van der Waals surface area (Å²) in [5.74, 6) is -0.767. The van der Waals surface area contributed by atoms with E-state index in [9.17, 15) is 9.59 Å². The van der Waals surface area contributed by atoms with Crippen LogP contribution < -0.4 is 15.5 Å². The maximum absolute atomic E-state index is 11.5. The number of hydrazone groups is 1. The fourth-order valence-corrected chi connectivity index (χ4v) is 1.41. The fraction of sp³-hybridized carbons (Fsp3) is 0.312. The van der Waals surface area contributed by atoms with Gasteiger partial charge < -0.3 is 10.1 Å². The quantitative estimate of drug-likeness (QED) is 0.348. The molecule has 6 heteroatoms. The molecule has 1 aromatic carbocycles. The molecule has 0 spiro atoms. The van der Waals surface area contributed by atoms with E-state index in [0.717, 1.165) is 12.0 Å². The summed E-state index contributed by atoms with van der Waals surface area (Å²) in [4.78, 5) is 23.0. The molecule has 22 heavy (non-hydrogen) atoms. The lowest BCUT2D eigenvalue weighted by Gasteiger charge is -2.09. The Bertz CT molecular complexity index is 538. The highest BCUT2D eigenvalue weighted by Gasteiger charge is 2.14. The molecule has 0 aliphatic rings. The number of hydrogen-bond acceptors (Lipinski definition) is 4. The summed E-state index contributed by atoms with van der Waals surface area (Å²) < 4.78 is 5.35. The molecule has 0 aliphatic heterocycles. The maximum atomic E-state index is 11.5. The number of benzene rings is 1. The molecule has 0 fully saturated rings. The van der Waals surface area contributed by atoms with Gasteiger partial charge in [0.1, 0.15) is 12.4 Å². The first-order chi connectivity index (χ1) is 10.6. The lowest BCUT2D eigenvalue weighted by molar-refractivity contribution is -0.139. The largest absolute Gasteiger partial charge is 0.490 e. The highest BCUT2D eigenvalue weighted by Crippen LogP contribution is 2.10. The highest BCUT2D eigenvalue weighted by molar-refractivity contribution is 6.35. The monoisotopic (exact) mass is 303 g/mol. The van der Waals surface area contributed by atoms with Crippen LogP contribution in [0.4, 0.5) is 0 Å². The minimum absolute atomic E-state index is 0.0506. The third-order valence-electron chi connectivity index (χ3n) is 2.82. The number of hydrogen-bond donors (Lipinski definition) is 2. The van der Waals surface area contributed by atoms with E-state index in [2.05, 4.69) is 22.4 Å². The third-order valence-corrected chi connectivity index (χ3v) is 2.82.